The second kappa shape index (κ2) is 7.15. The van der Waals surface area contributed by atoms with Crippen molar-refractivity contribution in [1.82, 2.24) is 19.9 Å². The summed E-state index contributed by atoms with van der Waals surface area (Å²) < 4.78 is 7.28. The van der Waals surface area contributed by atoms with E-state index in [0.29, 0.717) is 6.04 Å². The minimum atomic E-state index is 0.481. The van der Waals surface area contributed by atoms with Crippen molar-refractivity contribution in [3.8, 4) is 17.0 Å². The smallest absolute Gasteiger partial charge is 0.118 e. The molecule has 2 aliphatic heterocycles. The fraction of sp³-hybridized carbons (Fsp3) is 0.556. The maximum absolute atomic E-state index is 5.21. The average Bonchev–Trinajstić information content (AvgIpc) is 3.34. The predicted octanol–water partition coefficient (Wildman–Crippen LogP) is 3.10. The first kappa shape index (κ1) is 16.0. The second-order valence-corrected chi connectivity index (χ2v) is 7.75. The van der Waals surface area contributed by atoms with E-state index in [4.69, 9.17) is 4.74 Å². The molecule has 128 valence electrons. The number of nitrogens with zero attached hydrogens (tertiary/aromatic N) is 4. The molecule has 1 aromatic carbocycles. The van der Waals surface area contributed by atoms with Crippen LogP contribution in [0, 0.1) is 0 Å². The molecule has 0 N–H and O–H groups in total. The summed E-state index contributed by atoms with van der Waals surface area (Å²) in [5.74, 6) is 3.51. The Hall–Kier alpha value is -1.53. The summed E-state index contributed by atoms with van der Waals surface area (Å²) >= 11 is 2.10. The number of benzene rings is 1. The predicted molar refractivity (Wildman–Crippen MR) is 97.6 cm³/mol. The minimum Gasteiger partial charge on any atom is -0.497 e. The molecular weight excluding hydrogens is 320 g/mol. The number of piperidine rings is 1. The molecule has 0 radical (unpaired) electrons. The van der Waals surface area contributed by atoms with E-state index in [0.717, 1.165) is 23.0 Å². The van der Waals surface area contributed by atoms with E-state index < -0.39 is 0 Å². The maximum atomic E-state index is 5.21. The van der Waals surface area contributed by atoms with Gasteiger partial charge in [0.15, 0.2) is 0 Å². The van der Waals surface area contributed by atoms with Gasteiger partial charge >= 0.3 is 0 Å². The third-order valence-corrected chi connectivity index (χ3v) is 6.34. The fourth-order valence-electron chi connectivity index (χ4n) is 3.67. The second-order valence-electron chi connectivity index (χ2n) is 6.60. The number of likely N-dealkylation sites (tertiary alicyclic amines) is 1. The lowest BCUT2D eigenvalue weighted by Crippen LogP contribution is -2.42. The van der Waals surface area contributed by atoms with Gasteiger partial charge in [-0.05, 0) is 49.3 Å². The number of rotatable bonds is 4. The molecule has 6 heteroatoms. The van der Waals surface area contributed by atoms with Crippen molar-refractivity contribution >= 4 is 11.8 Å². The molecule has 5 nitrogen and oxygen atoms in total. The van der Waals surface area contributed by atoms with Gasteiger partial charge in [-0.25, -0.2) is 4.68 Å². The summed E-state index contributed by atoms with van der Waals surface area (Å²) in [6.07, 6.45) is 5.80. The van der Waals surface area contributed by atoms with Gasteiger partial charge in [0.2, 0.25) is 0 Å². The van der Waals surface area contributed by atoms with Crippen LogP contribution in [0.15, 0.2) is 30.5 Å². The van der Waals surface area contributed by atoms with E-state index in [-0.39, 0.29) is 0 Å². The Kier molecular flexibility index (Phi) is 4.76. The normalized spacial score (nSPS) is 22.8. The van der Waals surface area contributed by atoms with Crippen LogP contribution in [0.2, 0.25) is 0 Å². The van der Waals surface area contributed by atoms with Crippen LogP contribution >= 0.6 is 11.8 Å². The Balaban J connectivity index is 1.39. The average molecular weight is 344 g/mol. The lowest BCUT2D eigenvalue weighted by atomic mass is 10.0. The van der Waals surface area contributed by atoms with Crippen LogP contribution in [0.5, 0.6) is 5.75 Å². The zero-order chi connectivity index (χ0) is 16.4. The van der Waals surface area contributed by atoms with Gasteiger partial charge in [-0.15, -0.1) is 5.10 Å². The first-order valence-corrected chi connectivity index (χ1v) is 9.87. The monoisotopic (exact) mass is 344 g/mol. The molecule has 1 atom stereocenters. The third-order valence-electron chi connectivity index (χ3n) is 5.19. The molecule has 0 amide bonds. The molecule has 2 saturated heterocycles. The highest BCUT2D eigenvalue weighted by Gasteiger charge is 2.28. The Labute approximate surface area is 147 Å². The zero-order valence-corrected chi connectivity index (χ0v) is 14.9. The number of hydrogen-bond donors (Lipinski definition) is 0. The molecule has 3 heterocycles. The lowest BCUT2D eigenvalue weighted by Gasteiger charge is -2.35. The van der Waals surface area contributed by atoms with Crippen LogP contribution in [-0.2, 0) is 0 Å². The Morgan fingerprint density at radius 1 is 1.08 bits per heavy atom. The molecule has 0 spiro atoms. The lowest BCUT2D eigenvalue weighted by molar-refractivity contribution is 0.141. The molecule has 0 bridgehead atoms. The van der Waals surface area contributed by atoms with E-state index in [2.05, 4.69) is 37.9 Å². The highest BCUT2D eigenvalue weighted by molar-refractivity contribution is 7.99. The zero-order valence-electron chi connectivity index (χ0n) is 14.1. The van der Waals surface area contributed by atoms with E-state index in [1.54, 1.807) is 7.11 Å². The molecule has 1 aromatic heterocycles. The van der Waals surface area contributed by atoms with Crippen molar-refractivity contribution in [2.24, 2.45) is 0 Å². The fourth-order valence-corrected chi connectivity index (χ4v) is 4.93. The van der Waals surface area contributed by atoms with Gasteiger partial charge in [0.1, 0.15) is 11.4 Å². The van der Waals surface area contributed by atoms with Crippen molar-refractivity contribution in [3.63, 3.8) is 0 Å². The quantitative estimate of drug-likeness (QED) is 0.853. The standard InChI is InChI=1S/C18H24N4OS/c1-23-17-4-2-14(3-5-17)18-12-22(20-19-18)15-6-9-21(10-7-15)16-8-11-24-13-16/h2-5,12,15-16H,6-11,13H2,1H3/t16-/m0/s1. The first-order valence-electron chi connectivity index (χ1n) is 8.71. The number of thioether (sulfide) groups is 1. The van der Waals surface area contributed by atoms with Crippen molar-refractivity contribution < 1.29 is 4.74 Å². The molecule has 2 fully saturated rings. The Bertz CT molecular complexity index is 658. The van der Waals surface area contributed by atoms with Crippen LogP contribution in [0.1, 0.15) is 25.3 Å². The first-order chi connectivity index (χ1) is 11.8. The van der Waals surface area contributed by atoms with Crippen LogP contribution in [0.4, 0.5) is 0 Å². The minimum absolute atomic E-state index is 0.481. The molecule has 4 rings (SSSR count). The number of ether oxygens (including phenoxy) is 1. The summed E-state index contributed by atoms with van der Waals surface area (Å²) in [5.41, 5.74) is 2.02. The number of methoxy groups -OCH3 is 1. The van der Waals surface area contributed by atoms with Crippen molar-refractivity contribution in [3.05, 3.63) is 30.5 Å². The highest BCUT2D eigenvalue weighted by atomic mass is 32.2. The van der Waals surface area contributed by atoms with Gasteiger partial charge in [-0.2, -0.15) is 11.8 Å². The van der Waals surface area contributed by atoms with Crippen LogP contribution < -0.4 is 4.74 Å². The van der Waals surface area contributed by atoms with Crippen LogP contribution in [-0.4, -0.2) is 57.6 Å². The highest BCUT2D eigenvalue weighted by Crippen LogP contribution is 2.29. The van der Waals surface area contributed by atoms with E-state index >= 15 is 0 Å². The van der Waals surface area contributed by atoms with E-state index in [1.165, 1.54) is 43.9 Å². The topological polar surface area (TPSA) is 43.2 Å². The summed E-state index contributed by atoms with van der Waals surface area (Å²) in [6.45, 7) is 2.38. The third kappa shape index (κ3) is 3.30. The summed E-state index contributed by atoms with van der Waals surface area (Å²) in [7, 11) is 1.68. The van der Waals surface area contributed by atoms with E-state index in [9.17, 15) is 0 Å². The van der Waals surface area contributed by atoms with Crippen molar-refractivity contribution in [2.75, 3.05) is 31.7 Å². The largest absolute Gasteiger partial charge is 0.497 e. The number of hydrogen-bond acceptors (Lipinski definition) is 5. The summed E-state index contributed by atoms with van der Waals surface area (Å²) in [5, 5.41) is 8.76. The molecular formula is C18H24N4OS. The number of aromatic nitrogens is 3. The van der Waals surface area contributed by atoms with Crippen LogP contribution in [0.3, 0.4) is 0 Å². The molecule has 2 aromatic rings. The Morgan fingerprint density at radius 3 is 2.54 bits per heavy atom. The van der Waals surface area contributed by atoms with Gasteiger partial charge in [0.25, 0.3) is 0 Å². The summed E-state index contributed by atoms with van der Waals surface area (Å²) in [4.78, 5) is 2.68. The van der Waals surface area contributed by atoms with Gasteiger partial charge in [0, 0.05) is 30.4 Å². The molecule has 0 aliphatic carbocycles. The van der Waals surface area contributed by atoms with Crippen LogP contribution in [0.25, 0.3) is 11.3 Å². The molecule has 24 heavy (non-hydrogen) atoms. The van der Waals surface area contributed by atoms with Gasteiger partial charge < -0.3 is 4.74 Å². The molecule has 0 unspecified atom stereocenters. The molecule has 0 saturated carbocycles. The van der Waals surface area contributed by atoms with Crippen molar-refractivity contribution in [1.29, 1.82) is 0 Å². The SMILES string of the molecule is COc1ccc(-c2cn(C3CCN([C@H]4CCSC4)CC3)nn2)cc1. The van der Waals surface area contributed by atoms with Gasteiger partial charge in [0.05, 0.1) is 19.3 Å². The van der Waals surface area contributed by atoms with E-state index in [1.807, 2.05) is 24.3 Å². The Morgan fingerprint density at radius 2 is 1.88 bits per heavy atom. The molecule has 2 aliphatic rings. The van der Waals surface area contributed by atoms with Gasteiger partial charge in [-0.3, -0.25) is 4.90 Å². The van der Waals surface area contributed by atoms with Crippen molar-refractivity contribution in [2.45, 2.75) is 31.3 Å². The summed E-state index contributed by atoms with van der Waals surface area (Å²) in [6, 6.07) is 9.29. The van der Waals surface area contributed by atoms with Gasteiger partial charge in [-0.1, -0.05) is 5.21 Å². The maximum Gasteiger partial charge on any atom is 0.118 e.